The molecular weight excluding hydrogens is 285 g/mol. The van der Waals surface area contributed by atoms with Gasteiger partial charge in [0.1, 0.15) is 5.82 Å². The third kappa shape index (κ3) is 4.29. The molecule has 1 aromatic rings. The van der Waals surface area contributed by atoms with Crippen molar-refractivity contribution in [2.24, 2.45) is 0 Å². The summed E-state index contributed by atoms with van der Waals surface area (Å²) in [6.07, 6.45) is 4.05. The molecule has 120 valence electrons. The van der Waals surface area contributed by atoms with Crippen LogP contribution in [0.1, 0.15) is 50.1 Å². The molecule has 1 heterocycles. The number of likely N-dealkylation sites (tertiary alicyclic amines) is 1. The fourth-order valence-electron chi connectivity index (χ4n) is 2.89. The lowest BCUT2D eigenvalue weighted by atomic mass is 9.94. The average Bonchev–Trinajstić information content (AvgIpc) is 2.55. The number of nitrogens with zero attached hydrogens (tertiary/aromatic N) is 1. The van der Waals surface area contributed by atoms with E-state index in [1.165, 1.54) is 19.2 Å². The summed E-state index contributed by atoms with van der Waals surface area (Å²) < 4.78 is 17.6. The van der Waals surface area contributed by atoms with Gasteiger partial charge in [0.05, 0.1) is 13.2 Å². The number of hydrogen-bond acceptors (Lipinski definition) is 3. The van der Waals surface area contributed by atoms with Gasteiger partial charge in [0.25, 0.3) is 0 Å². The third-order valence-corrected chi connectivity index (χ3v) is 4.08. The minimum atomic E-state index is -0.290. The number of hydrogen-bond donors (Lipinski definition) is 0. The van der Waals surface area contributed by atoms with Crippen LogP contribution >= 0.6 is 0 Å². The first-order chi connectivity index (χ1) is 10.6. The Morgan fingerprint density at radius 1 is 1.23 bits per heavy atom. The normalized spacial score (nSPS) is 18.1. The number of rotatable bonds is 5. The first kappa shape index (κ1) is 16.5. The second-order valence-electron chi connectivity index (χ2n) is 5.58. The van der Waals surface area contributed by atoms with Gasteiger partial charge < -0.3 is 9.64 Å². The molecular formula is C17H22FNO3. The van der Waals surface area contributed by atoms with E-state index in [1.807, 2.05) is 4.90 Å². The van der Waals surface area contributed by atoms with Gasteiger partial charge in [-0.2, -0.15) is 0 Å². The number of amides is 1. The van der Waals surface area contributed by atoms with Gasteiger partial charge >= 0.3 is 5.97 Å². The highest BCUT2D eigenvalue weighted by Gasteiger charge is 2.27. The summed E-state index contributed by atoms with van der Waals surface area (Å²) in [6.45, 7) is 0.721. The lowest BCUT2D eigenvalue weighted by molar-refractivity contribution is -0.141. The molecule has 0 N–H and O–H groups in total. The van der Waals surface area contributed by atoms with Gasteiger partial charge in [-0.1, -0.05) is 12.1 Å². The van der Waals surface area contributed by atoms with E-state index in [0.717, 1.165) is 31.4 Å². The van der Waals surface area contributed by atoms with Crippen molar-refractivity contribution in [1.82, 2.24) is 4.90 Å². The Kier molecular flexibility index (Phi) is 5.92. The molecule has 1 aliphatic heterocycles. The molecule has 0 saturated carbocycles. The minimum Gasteiger partial charge on any atom is -0.469 e. The number of carbonyl (C=O) groups is 2. The van der Waals surface area contributed by atoms with Crippen LogP contribution in [0.4, 0.5) is 4.39 Å². The van der Waals surface area contributed by atoms with Gasteiger partial charge in [-0.05, 0) is 43.4 Å². The van der Waals surface area contributed by atoms with Gasteiger partial charge in [0.15, 0.2) is 0 Å². The Morgan fingerprint density at radius 3 is 2.64 bits per heavy atom. The van der Waals surface area contributed by atoms with E-state index in [4.69, 9.17) is 0 Å². The Morgan fingerprint density at radius 2 is 1.95 bits per heavy atom. The van der Waals surface area contributed by atoms with Gasteiger partial charge in [-0.25, -0.2) is 4.39 Å². The van der Waals surface area contributed by atoms with Crippen LogP contribution in [0.2, 0.25) is 0 Å². The molecule has 1 amide bonds. The SMILES string of the molecule is COC(=O)CCCC(=O)N1CCCCC1c1ccc(F)cc1. The first-order valence-corrected chi connectivity index (χ1v) is 7.73. The van der Waals surface area contributed by atoms with E-state index in [-0.39, 0.29) is 30.2 Å². The van der Waals surface area contributed by atoms with E-state index in [9.17, 15) is 14.0 Å². The van der Waals surface area contributed by atoms with E-state index < -0.39 is 0 Å². The molecule has 1 aromatic carbocycles. The zero-order valence-electron chi connectivity index (χ0n) is 12.9. The summed E-state index contributed by atoms with van der Waals surface area (Å²) in [7, 11) is 1.35. The van der Waals surface area contributed by atoms with Gasteiger partial charge in [0, 0.05) is 19.4 Å². The molecule has 2 rings (SSSR count). The molecule has 0 radical (unpaired) electrons. The highest BCUT2D eigenvalue weighted by molar-refractivity contribution is 5.77. The highest BCUT2D eigenvalue weighted by atomic mass is 19.1. The van der Waals surface area contributed by atoms with Crippen LogP contribution in [0.3, 0.4) is 0 Å². The monoisotopic (exact) mass is 307 g/mol. The van der Waals surface area contributed by atoms with Crippen molar-refractivity contribution < 1.29 is 18.7 Å². The number of methoxy groups -OCH3 is 1. The standard InChI is InChI=1S/C17H22FNO3/c1-22-17(21)7-4-6-16(20)19-12-3-2-5-15(19)13-8-10-14(18)11-9-13/h8-11,15H,2-7,12H2,1H3. The smallest absolute Gasteiger partial charge is 0.305 e. The van der Waals surface area contributed by atoms with Crippen molar-refractivity contribution in [3.8, 4) is 0 Å². The van der Waals surface area contributed by atoms with Crippen molar-refractivity contribution in [2.45, 2.75) is 44.6 Å². The lowest BCUT2D eigenvalue weighted by Gasteiger charge is -2.36. The largest absolute Gasteiger partial charge is 0.469 e. The quantitative estimate of drug-likeness (QED) is 0.785. The third-order valence-electron chi connectivity index (χ3n) is 4.08. The van der Waals surface area contributed by atoms with Gasteiger partial charge in [-0.3, -0.25) is 9.59 Å². The predicted molar refractivity (Wildman–Crippen MR) is 80.6 cm³/mol. The molecule has 0 aromatic heterocycles. The maximum absolute atomic E-state index is 13.1. The molecule has 0 bridgehead atoms. The van der Waals surface area contributed by atoms with E-state index >= 15 is 0 Å². The second kappa shape index (κ2) is 7.92. The fraction of sp³-hybridized carbons (Fsp3) is 0.529. The first-order valence-electron chi connectivity index (χ1n) is 7.73. The van der Waals surface area contributed by atoms with Crippen molar-refractivity contribution in [2.75, 3.05) is 13.7 Å². The van der Waals surface area contributed by atoms with Crippen LogP contribution in [-0.2, 0) is 14.3 Å². The molecule has 5 heteroatoms. The van der Waals surface area contributed by atoms with Crippen molar-refractivity contribution in [3.63, 3.8) is 0 Å². The summed E-state index contributed by atoms with van der Waals surface area (Å²) in [5.74, 6) is -0.505. The highest BCUT2D eigenvalue weighted by Crippen LogP contribution is 2.31. The summed E-state index contributed by atoms with van der Waals surface area (Å²) in [4.78, 5) is 25.4. The number of carbonyl (C=O) groups excluding carboxylic acids is 2. The van der Waals surface area contributed by atoms with Crippen LogP contribution < -0.4 is 0 Å². The van der Waals surface area contributed by atoms with Gasteiger partial charge in [-0.15, -0.1) is 0 Å². The fourth-order valence-corrected chi connectivity index (χ4v) is 2.89. The maximum Gasteiger partial charge on any atom is 0.305 e. The molecule has 1 aliphatic rings. The molecule has 4 nitrogen and oxygen atoms in total. The molecule has 1 saturated heterocycles. The van der Waals surface area contributed by atoms with Crippen LogP contribution in [-0.4, -0.2) is 30.4 Å². The topological polar surface area (TPSA) is 46.6 Å². The number of esters is 1. The van der Waals surface area contributed by atoms with Crippen LogP contribution in [0.5, 0.6) is 0 Å². The summed E-state index contributed by atoms with van der Waals surface area (Å²) >= 11 is 0. The number of halogens is 1. The minimum absolute atomic E-state index is 0.0139. The molecule has 0 spiro atoms. The van der Waals surface area contributed by atoms with Crippen molar-refractivity contribution in [3.05, 3.63) is 35.6 Å². The van der Waals surface area contributed by atoms with E-state index in [0.29, 0.717) is 12.8 Å². The van der Waals surface area contributed by atoms with Crippen LogP contribution in [0.15, 0.2) is 24.3 Å². The Labute approximate surface area is 130 Å². The predicted octanol–water partition coefficient (Wildman–Crippen LogP) is 3.22. The van der Waals surface area contributed by atoms with E-state index in [1.54, 1.807) is 12.1 Å². The number of piperidine rings is 1. The van der Waals surface area contributed by atoms with Crippen LogP contribution in [0, 0.1) is 5.82 Å². The summed E-state index contributed by atoms with van der Waals surface area (Å²) in [6, 6.07) is 6.38. The van der Waals surface area contributed by atoms with E-state index in [2.05, 4.69) is 4.74 Å². The zero-order valence-corrected chi connectivity index (χ0v) is 12.9. The number of benzene rings is 1. The Hall–Kier alpha value is -1.91. The molecule has 0 aliphatic carbocycles. The maximum atomic E-state index is 13.1. The average molecular weight is 307 g/mol. The Balaban J connectivity index is 1.98. The lowest BCUT2D eigenvalue weighted by Crippen LogP contribution is -2.38. The number of ether oxygens (including phenoxy) is 1. The molecule has 1 atom stereocenters. The molecule has 22 heavy (non-hydrogen) atoms. The summed E-state index contributed by atoms with van der Waals surface area (Å²) in [5.41, 5.74) is 0.974. The molecule has 1 unspecified atom stereocenters. The zero-order chi connectivity index (χ0) is 15.9. The van der Waals surface area contributed by atoms with Gasteiger partial charge in [0.2, 0.25) is 5.91 Å². The van der Waals surface area contributed by atoms with Crippen molar-refractivity contribution in [1.29, 1.82) is 0 Å². The Bertz CT molecular complexity index is 515. The molecule has 1 fully saturated rings. The second-order valence-corrected chi connectivity index (χ2v) is 5.58. The summed E-state index contributed by atoms with van der Waals surface area (Å²) in [5, 5.41) is 0. The van der Waals surface area contributed by atoms with Crippen LogP contribution in [0.25, 0.3) is 0 Å². The van der Waals surface area contributed by atoms with Crippen molar-refractivity contribution >= 4 is 11.9 Å².